The van der Waals surface area contributed by atoms with Crippen molar-refractivity contribution in [1.82, 2.24) is 9.97 Å². The first-order valence-electron chi connectivity index (χ1n) is 12.0. The highest BCUT2D eigenvalue weighted by Crippen LogP contribution is 2.21. The van der Waals surface area contributed by atoms with Crippen LogP contribution in [0.3, 0.4) is 0 Å². The van der Waals surface area contributed by atoms with Crippen molar-refractivity contribution in [3.8, 4) is 22.9 Å². The molecule has 6 nitrogen and oxygen atoms in total. The number of rotatable bonds is 5. The zero-order valence-electron chi connectivity index (χ0n) is 20.1. The number of benzene rings is 4. The summed E-state index contributed by atoms with van der Waals surface area (Å²) in [5.41, 5.74) is 3.88. The Hall–Kier alpha value is -5.36. The highest BCUT2D eigenvalue weighted by atomic mass is 16.4. The number of aromatic nitrogens is 2. The van der Waals surface area contributed by atoms with E-state index < -0.39 is 11.3 Å². The fourth-order valence-electron chi connectivity index (χ4n) is 4.09. The summed E-state index contributed by atoms with van der Waals surface area (Å²) in [6, 6.07) is 29.5. The average molecular weight is 497 g/mol. The molecular weight excluding hydrogens is 476 g/mol. The number of para-hydroxylation sites is 2. The smallest absolute Gasteiger partial charge is 0.347 e. The minimum Gasteiger partial charge on any atom is -0.403 e. The Morgan fingerprint density at radius 2 is 0.895 bits per heavy atom. The third kappa shape index (κ3) is 4.70. The molecule has 0 aliphatic heterocycles. The summed E-state index contributed by atoms with van der Waals surface area (Å²) < 4.78 is 10.8. The van der Waals surface area contributed by atoms with Crippen LogP contribution in [0.25, 0.3) is 56.9 Å². The number of nitrogens with zero attached hydrogens (tertiary/aromatic N) is 2. The van der Waals surface area contributed by atoms with Gasteiger partial charge in [0.25, 0.3) is 0 Å². The first-order chi connectivity index (χ1) is 18.6. The van der Waals surface area contributed by atoms with Crippen LogP contribution in [0.15, 0.2) is 128 Å². The van der Waals surface area contributed by atoms with Crippen LogP contribution in [-0.2, 0) is 0 Å². The van der Waals surface area contributed by atoms with Crippen molar-refractivity contribution in [2.24, 2.45) is 0 Å². The molecule has 0 N–H and O–H groups in total. The first-order valence-corrected chi connectivity index (χ1v) is 12.0. The lowest BCUT2D eigenvalue weighted by molar-refractivity contribution is 0.518. The Labute approximate surface area is 216 Å². The lowest BCUT2D eigenvalue weighted by atomic mass is 10.1. The second kappa shape index (κ2) is 9.95. The quantitative estimate of drug-likeness (QED) is 0.245. The molecule has 2 aromatic heterocycles. The summed E-state index contributed by atoms with van der Waals surface area (Å²) in [5.74, 6) is 0.594. The summed E-state index contributed by atoms with van der Waals surface area (Å²) in [6.07, 6.45) is 7.85. The van der Waals surface area contributed by atoms with Crippen LogP contribution in [0, 0.1) is 0 Å². The maximum absolute atomic E-state index is 12.2. The van der Waals surface area contributed by atoms with Gasteiger partial charge in [-0.25, -0.2) is 19.6 Å². The van der Waals surface area contributed by atoms with E-state index in [4.69, 9.17) is 8.83 Å². The molecule has 4 aromatic carbocycles. The molecule has 6 heteroatoms. The number of hydrogen-bond donors (Lipinski definition) is 0. The average Bonchev–Trinajstić information content (AvgIpc) is 2.96. The molecule has 0 saturated heterocycles. The van der Waals surface area contributed by atoms with E-state index in [1.807, 2.05) is 85.0 Å². The van der Waals surface area contributed by atoms with E-state index in [9.17, 15) is 9.59 Å². The molecule has 182 valence electrons. The Kier molecular flexibility index (Phi) is 6.04. The van der Waals surface area contributed by atoms with Gasteiger partial charge in [-0.15, -0.1) is 0 Å². The summed E-state index contributed by atoms with van der Waals surface area (Å²) in [4.78, 5) is 33.4. The highest BCUT2D eigenvalue weighted by Gasteiger charge is 2.09. The number of allylic oxidation sites excluding steroid dienone is 2. The number of fused-ring (bicyclic) bond motifs is 2. The topological polar surface area (TPSA) is 86.2 Å². The Morgan fingerprint density at radius 3 is 1.32 bits per heavy atom. The van der Waals surface area contributed by atoms with Crippen molar-refractivity contribution in [1.29, 1.82) is 0 Å². The predicted octanol–water partition coefficient (Wildman–Crippen LogP) is 6.75. The minimum atomic E-state index is -0.397. The van der Waals surface area contributed by atoms with Gasteiger partial charge in [0.2, 0.25) is 11.8 Å². The van der Waals surface area contributed by atoms with Crippen molar-refractivity contribution in [3.63, 3.8) is 0 Å². The summed E-state index contributed by atoms with van der Waals surface area (Å²) >= 11 is 0. The fraction of sp³-hybridized carbons (Fsp3) is 0. The van der Waals surface area contributed by atoms with Crippen molar-refractivity contribution in [2.75, 3.05) is 0 Å². The molecule has 0 unspecified atom stereocenters. The first kappa shape index (κ1) is 23.1. The minimum absolute atomic E-state index is 0.297. The zero-order valence-corrected chi connectivity index (χ0v) is 20.1. The third-order valence-electron chi connectivity index (χ3n) is 6.07. The Morgan fingerprint density at radius 1 is 0.500 bits per heavy atom. The van der Waals surface area contributed by atoms with E-state index in [2.05, 4.69) is 9.97 Å². The van der Waals surface area contributed by atoms with Crippen LogP contribution >= 0.6 is 0 Å². The van der Waals surface area contributed by atoms with Crippen LogP contribution < -0.4 is 11.3 Å². The molecule has 2 heterocycles. The Bertz CT molecular complexity index is 1800. The SMILES string of the molecule is O=c1oc(-c2ccc(/C=C/C=C/c3ccc(-c4nc5ccccc5c(=O)o4)cc3)cc2)nc2ccccc12. The van der Waals surface area contributed by atoms with Gasteiger partial charge in [-0.05, 0) is 59.7 Å². The van der Waals surface area contributed by atoms with Gasteiger partial charge in [-0.1, -0.05) is 72.8 Å². The maximum Gasteiger partial charge on any atom is 0.347 e. The van der Waals surface area contributed by atoms with Crippen molar-refractivity contribution >= 4 is 34.0 Å². The molecular formula is C32H20N2O4. The molecule has 6 rings (SSSR count). The third-order valence-corrected chi connectivity index (χ3v) is 6.07. The van der Waals surface area contributed by atoms with E-state index in [0.717, 1.165) is 22.3 Å². The lowest BCUT2D eigenvalue weighted by Gasteiger charge is -2.02. The second-order valence-electron chi connectivity index (χ2n) is 8.61. The monoisotopic (exact) mass is 496 g/mol. The maximum atomic E-state index is 12.2. The predicted molar refractivity (Wildman–Crippen MR) is 149 cm³/mol. The van der Waals surface area contributed by atoms with Gasteiger partial charge in [0, 0.05) is 11.1 Å². The molecule has 6 aromatic rings. The van der Waals surface area contributed by atoms with Crippen molar-refractivity contribution in [3.05, 3.63) is 141 Å². The normalized spacial score (nSPS) is 11.7. The van der Waals surface area contributed by atoms with Gasteiger partial charge in [0.1, 0.15) is 0 Å². The van der Waals surface area contributed by atoms with Crippen molar-refractivity contribution in [2.45, 2.75) is 0 Å². The molecule has 0 amide bonds. The van der Waals surface area contributed by atoms with E-state index in [-0.39, 0.29) is 0 Å². The van der Waals surface area contributed by atoms with Crippen LogP contribution in [0.1, 0.15) is 11.1 Å². The standard InChI is InChI=1S/C32H20N2O4/c35-31-25-9-3-5-11-27(25)33-29(37-31)23-17-13-21(14-18-23)7-1-2-8-22-15-19-24(20-16-22)30-34-28-12-6-4-10-26(28)32(36)38-30/h1-20H/b7-1+,8-2+. The van der Waals surface area contributed by atoms with E-state index in [1.54, 1.807) is 36.4 Å². The Balaban J connectivity index is 1.14. The van der Waals surface area contributed by atoms with Gasteiger partial charge in [0.15, 0.2) is 0 Å². The summed E-state index contributed by atoms with van der Waals surface area (Å²) in [6.45, 7) is 0. The summed E-state index contributed by atoms with van der Waals surface area (Å²) in [5, 5.41) is 0.934. The molecule has 0 atom stereocenters. The molecule has 0 saturated carbocycles. The molecule has 0 spiro atoms. The fourth-order valence-corrected chi connectivity index (χ4v) is 4.09. The van der Waals surface area contributed by atoms with Gasteiger partial charge < -0.3 is 8.83 Å². The van der Waals surface area contributed by atoms with Crippen LogP contribution in [0.2, 0.25) is 0 Å². The molecule has 0 radical (unpaired) electrons. The van der Waals surface area contributed by atoms with E-state index in [1.165, 1.54) is 0 Å². The largest absolute Gasteiger partial charge is 0.403 e. The summed E-state index contributed by atoms with van der Waals surface area (Å²) in [7, 11) is 0. The molecule has 0 aliphatic carbocycles. The van der Waals surface area contributed by atoms with Crippen LogP contribution in [0.4, 0.5) is 0 Å². The second-order valence-corrected chi connectivity index (χ2v) is 8.61. The van der Waals surface area contributed by atoms with Crippen LogP contribution in [0.5, 0.6) is 0 Å². The highest BCUT2D eigenvalue weighted by molar-refractivity contribution is 5.79. The zero-order chi connectivity index (χ0) is 25.9. The van der Waals surface area contributed by atoms with Crippen LogP contribution in [-0.4, -0.2) is 9.97 Å². The van der Waals surface area contributed by atoms with E-state index in [0.29, 0.717) is 33.6 Å². The molecule has 38 heavy (non-hydrogen) atoms. The van der Waals surface area contributed by atoms with E-state index >= 15 is 0 Å². The van der Waals surface area contributed by atoms with Gasteiger partial charge >= 0.3 is 11.3 Å². The van der Waals surface area contributed by atoms with Gasteiger partial charge in [-0.3, -0.25) is 0 Å². The van der Waals surface area contributed by atoms with Gasteiger partial charge in [-0.2, -0.15) is 0 Å². The molecule has 0 bridgehead atoms. The lowest BCUT2D eigenvalue weighted by Crippen LogP contribution is -2.02. The molecule has 0 fully saturated rings. The van der Waals surface area contributed by atoms with Gasteiger partial charge in [0.05, 0.1) is 21.8 Å². The number of hydrogen-bond acceptors (Lipinski definition) is 6. The van der Waals surface area contributed by atoms with Crippen molar-refractivity contribution < 1.29 is 8.83 Å². The molecule has 0 aliphatic rings.